The summed E-state index contributed by atoms with van der Waals surface area (Å²) in [7, 11) is 0. The number of amides is 2. The van der Waals surface area contributed by atoms with Crippen molar-refractivity contribution in [2.75, 3.05) is 31.1 Å². The van der Waals surface area contributed by atoms with Crippen molar-refractivity contribution >= 4 is 17.5 Å². The van der Waals surface area contributed by atoms with Gasteiger partial charge in [0.1, 0.15) is 0 Å². The first-order valence-corrected chi connectivity index (χ1v) is 10.7. The molecule has 3 aliphatic heterocycles. The average molecular weight is 367 g/mol. The Morgan fingerprint density at radius 3 is 2.44 bits per heavy atom. The molecule has 4 aliphatic rings. The fourth-order valence-electron chi connectivity index (χ4n) is 5.37. The molecule has 0 N–H and O–H groups in total. The molecular weight excluding hydrogens is 338 g/mol. The molecule has 2 amide bonds. The molecule has 5 heteroatoms. The Hall–Kier alpha value is -1.88. The van der Waals surface area contributed by atoms with E-state index in [4.69, 9.17) is 0 Å². The Bertz CT molecular complexity index is 728. The summed E-state index contributed by atoms with van der Waals surface area (Å²) >= 11 is 0. The van der Waals surface area contributed by atoms with Gasteiger partial charge >= 0.3 is 0 Å². The fourth-order valence-corrected chi connectivity index (χ4v) is 5.37. The van der Waals surface area contributed by atoms with Crippen molar-refractivity contribution in [3.63, 3.8) is 0 Å². The number of hydrogen-bond donors (Lipinski definition) is 0. The number of benzene rings is 1. The van der Waals surface area contributed by atoms with Gasteiger partial charge in [0.05, 0.1) is 0 Å². The first-order chi connectivity index (χ1) is 13.2. The second-order valence-corrected chi connectivity index (χ2v) is 8.67. The van der Waals surface area contributed by atoms with E-state index in [0.29, 0.717) is 18.4 Å². The maximum absolute atomic E-state index is 13.0. The largest absolute Gasteiger partial charge is 0.338 e. The van der Waals surface area contributed by atoms with E-state index >= 15 is 0 Å². The Morgan fingerprint density at radius 1 is 0.926 bits per heavy atom. The minimum Gasteiger partial charge on any atom is -0.338 e. The summed E-state index contributed by atoms with van der Waals surface area (Å²) in [5, 5.41) is 0. The highest BCUT2D eigenvalue weighted by molar-refractivity contribution is 5.97. The van der Waals surface area contributed by atoms with Gasteiger partial charge < -0.3 is 9.80 Å². The maximum Gasteiger partial charge on any atom is 0.253 e. The van der Waals surface area contributed by atoms with Crippen LogP contribution in [0, 0.1) is 5.92 Å². The summed E-state index contributed by atoms with van der Waals surface area (Å²) in [6.45, 7) is 3.82. The van der Waals surface area contributed by atoms with Crippen molar-refractivity contribution in [2.24, 2.45) is 5.92 Å². The lowest BCUT2D eigenvalue weighted by Gasteiger charge is -2.47. The lowest BCUT2D eigenvalue weighted by Crippen LogP contribution is -2.55. The zero-order valence-corrected chi connectivity index (χ0v) is 16.0. The van der Waals surface area contributed by atoms with E-state index < -0.39 is 0 Å². The van der Waals surface area contributed by atoms with Gasteiger partial charge in [-0.05, 0) is 75.3 Å². The van der Waals surface area contributed by atoms with Gasteiger partial charge in [-0.15, -0.1) is 0 Å². The monoisotopic (exact) mass is 367 g/mol. The Balaban J connectivity index is 1.25. The quantitative estimate of drug-likeness (QED) is 0.825. The molecule has 27 heavy (non-hydrogen) atoms. The van der Waals surface area contributed by atoms with Crippen LogP contribution in [-0.4, -0.2) is 59.9 Å². The zero-order chi connectivity index (χ0) is 18.4. The number of likely N-dealkylation sites (tertiary alicyclic amines) is 2. The summed E-state index contributed by atoms with van der Waals surface area (Å²) in [4.78, 5) is 31.6. The molecule has 0 aromatic heterocycles. The van der Waals surface area contributed by atoms with Crippen molar-refractivity contribution in [3.8, 4) is 0 Å². The van der Waals surface area contributed by atoms with Gasteiger partial charge in [-0.25, -0.2) is 0 Å². The highest BCUT2D eigenvalue weighted by atomic mass is 16.2. The average Bonchev–Trinajstić information content (AvgIpc) is 3.47. The van der Waals surface area contributed by atoms with Gasteiger partial charge in [-0.1, -0.05) is 0 Å². The lowest BCUT2D eigenvalue weighted by molar-refractivity contribution is -0.117. The van der Waals surface area contributed by atoms with Crippen LogP contribution in [0.4, 0.5) is 5.69 Å². The van der Waals surface area contributed by atoms with Gasteiger partial charge in [-0.3, -0.25) is 14.5 Å². The molecule has 5 rings (SSSR count). The Morgan fingerprint density at radius 2 is 1.74 bits per heavy atom. The third-order valence-electron chi connectivity index (χ3n) is 6.91. The molecule has 3 heterocycles. The van der Waals surface area contributed by atoms with E-state index in [1.165, 1.54) is 32.2 Å². The topological polar surface area (TPSA) is 43.9 Å². The maximum atomic E-state index is 13.0. The van der Waals surface area contributed by atoms with Crippen LogP contribution in [0.1, 0.15) is 55.3 Å². The SMILES string of the molecule is O=C(c1ccc(N2CCCC2=O)cc1)N1CCC2C(CCCN2C2CC2)C1. The van der Waals surface area contributed by atoms with Gasteiger partial charge in [0, 0.05) is 49.4 Å². The van der Waals surface area contributed by atoms with Crippen molar-refractivity contribution in [1.82, 2.24) is 9.80 Å². The van der Waals surface area contributed by atoms with Crippen LogP contribution in [0.2, 0.25) is 0 Å². The summed E-state index contributed by atoms with van der Waals surface area (Å²) in [6.07, 6.45) is 7.96. The number of carbonyl (C=O) groups excluding carboxylic acids is 2. The van der Waals surface area contributed by atoms with Crippen molar-refractivity contribution in [3.05, 3.63) is 29.8 Å². The minimum absolute atomic E-state index is 0.149. The number of fused-ring (bicyclic) bond motifs is 1. The molecule has 144 valence electrons. The number of anilines is 1. The minimum atomic E-state index is 0.149. The molecular formula is C22H29N3O2. The van der Waals surface area contributed by atoms with Crippen LogP contribution in [0.15, 0.2) is 24.3 Å². The van der Waals surface area contributed by atoms with Crippen LogP contribution in [-0.2, 0) is 4.79 Å². The smallest absolute Gasteiger partial charge is 0.253 e. The zero-order valence-electron chi connectivity index (χ0n) is 16.0. The molecule has 0 spiro atoms. The molecule has 2 unspecified atom stereocenters. The standard InChI is InChI=1S/C22H29N3O2/c26-21-4-2-13-25(21)19-7-5-16(6-8-19)22(27)23-14-11-20-17(15-23)3-1-12-24(20)18-9-10-18/h5-8,17-18,20H,1-4,9-15H2. The molecule has 2 atom stereocenters. The van der Waals surface area contributed by atoms with Crippen LogP contribution in [0.3, 0.4) is 0 Å². The van der Waals surface area contributed by atoms with E-state index in [1.54, 1.807) is 0 Å². The Kier molecular flexibility index (Phi) is 4.43. The summed E-state index contributed by atoms with van der Waals surface area (Å²) in [5.74, 6) is 0.975. The van der Waals surface area contributed by atoms with Crippen molar-refractivity contribution in [1.29, 1.82) is 0 Å². The first-order valence-electron chi connectivity index (χ1n) is 10.7. The third-order valence-corrected chi connectivity index (χ3v) is 6.91. The third kappa shape index (κ3) is 3.27. The molecule has 0 bridgehead atoms. The Labute approximate surface area is 161 Å². The summed E-state index contributed by atoms with van der Waals surface area (Å²) < 4.78 is 0. The van der Waals surface area contributed by atoms with Gasteiger partial charge in [0.15, 0.2) is 0 Å². The summed E-state index contributed by atoms with van der Waals surface area (Å²) in [6, 6.07) is 9.18. The number of nitrogens with zero attached hydrogens (tertiary/aromatic N) is 3. The predicted molar refractivity (Wildman–Crippen MR) is 105 cm³/mol. The highest BCUT2D eigenvalue weighted by Gasteiger charge is 2.42. The second-order valence-electron chi connectivity index (χ2n) is 8.67. The number of rotatable bonds is 3. The molecule has 1 aromatic carbocycles. The van der Waals surface area contributed by atoms with E-state index in [0.717, 1.165) is 49.8 Å². The van der Waals surface area contributed by atoms with Crippen LogP contribution < -0.4 is 4.90 Å². The van der Waals surface area contributed by atoms with Crippen LogP contribution in [0.25, 0.3) is 0 Å². The van der Waals surface area contributed by atoms with Crippen LogP contribution in [0.5, 0.6) is 0 Å². The number of carbonyl (C=O) groups is 2. The molecule has 1 aliphatic carbocycles. The van der Waals surface area contributed by atoms with E-state index in [-0.39, 0.29) is 11.8 Å². The molecule has 5 nitrogen and oxygen atoms in total. The molecule has 0 radical (unpaired) electrons. The molecule has 1 saturated carbocycles. The van der Waals surface area contributed by atoms with Gasteiger partial charge in [-0.2, -0.15) is 0 Å². The van der Waals surface area contributed by atoms with Gasteiger partial charge in [0.25, 0.3) is 5.91 Å². The molecule has 4 fully saturated rings. The normalized spacial score (nSPS) is 29.1. The van der Waals surface area contributed by atoms with Crippen molar-refractivity contribution in [2.45, 2.75) is 57.0 Å². The second kappa shape index (κ2) is 6.93. The van der Waals surface area contributed by atoms with Gasteiger partial charge in [0.2, 0.25) is 5.91 Å². The highest BCUT2D eigenvalue weighted by Crippen LogP contribution is 2.38. The fraction of sp³-hybridized carbons (Fsp3) is 0.636. The number of piperidine rings is 2. The molecule has 1 aromatic rings. The molecule has 3 saturated heterocycles. The van der Waals surface area contributed by atoms with Crippen LogP contribution >= 0.6 is 0 Å². The first kappa shape index (κ1) is 17.2. The van der Waals surface area contributed by atoms with E-state index in [1.807, 2.05) is 29.2 Å². The van der Waals surface area contributed by atoms with E-state index in [2.05, 4.69) is 9.80 Å². The van der Waals surface area contributed by atoms with E-state index in [9.17, 15) is 9.59 Å². The van der Waals surface area contributed by atoms with Crippen molar-refractivity contribution < 1.29 is 9.59 Å². The summed E-state index contributed by atoms with van der Waals surface area (Å²) in [5.41, 5.74) is 1.67. The number of hydrogen-bond acceptors (Lipinski definition) is 3. The lowest BCUT2D eigenvalue weighted by atomic mass is 9.83. The predicted octanol–water partition coefficient (Wildman–Crippen LogP) is 2.90.